The van der Waals surface area contributed by atoms with Gasteiger partial charge in [0.05, 0.1) is 11.8 Å². The van der Waals surface area contributed by atoms with Crippen molar-refractivity contribution in [1.29, 1.82) is 0 Å². The smallest absolute Gasteiger partial charge is 0.254 e. The quantitative estimate of drug-likeness (QED) is 0.706. The summed E-state index contributed by atoms with van der Waals surface area (Å²) in [5.74, 6) is -0.0707. The zero-order valence-corrected chi connectivity index (χ0v) is 12.0. The molecular formula is C16H18N4O. The van der Waals surface area contributed by atoms with Crippen molar-refractivity contribution in [3.63, 3.8) is 0 Å². The topological polar surface area (TPSA) is 62.7 Å². The van der Waals surface area contributed by atoms with Gasteiger partial charge in [-0.1, -0.05) is 18.2 Å². The van der Waals surface area contributed by atoms with Gasteiger partial charge in [-0.25, -0.2) is 0 Å². The van der Waals surface area contributed by atoms with Gasteiger partial charge in [0.25, 0.3) is 5.91 Å². The molecule has 0 atom stereocenters. The molecule has 2 N–H and O–H groups in total. The molecular weight excluding hydrogens is 264 g/mol. The summed E-state index contributed by atoms with van der Waals surface area (Å²) in [5.41, 5.74) is 2.64. The molecule has 2 aromatic heterocycles. The van der Waals surface area contributed by atoms with Gasteiger partial charge in [0.1, 0.15) is 0 Å². The van der Waals surface area contributed by atoms with E-state index in [9.17, 15) is 4.79 Å². The van der Waals surface area contributed by atoms with Crippen LogP contribution < -0.4 is 5.32 Å². The fraction of sp³-hybridized carbons (Fsp3) is 0.250. The van der Waals surface area contributed by atoms with Crippen LogP contribution in [0.15, 0.2) is 42.7 Å². The number of rotatable bonds is 5. The molecule has 0 aliphatic rings. The first-order chi connectivity index (χ1) is 10.3. The summed E-state index contributed by atoms with van der Waals surface area (Å²) < 4.78 is 2.21. The van der Waals surface area contributed by atoms with E-state index in [1.54, 1.807) is 6.20 Å². The zero-order chi connectivity index (χ0) is 14.7. The highest BCUT2D eigenvalue weighted by molar-refractivity contribution is 5.94. The van der Waals surface area contributed by atoms with Crippen molar-refractivity contribution in [3.8, 4) is 0 Å². The lowest BCUT2D eigenvalue weighted by atomic mass is 10.2. The number of fused-ring (bicyclic) bond motifs is 1. The largest absolute Gasteiger partial charge is 0.352 e. The molecule has 5 heteroatoms. The molecule has 0 radical (unpaired) electrons. The third-order valence-corrected chi connectivity index (χ3v) is 3.62. The van der Waals surface area contributed by atoms with Crippen LogP contribution in [0.1, 0.15) is 22.5 Å². The van der Waals surface area contributed by atoms with E-state index in [0.29, 0.717) is 12.1 Å². The summed E-state index contributed by atoms with van der Waals surface area (Å²) in [6, 6.07) is 10.4. The van der Waals surface area contributed by atoms with Crippen molar-refractivity contribution in [2.45, 2.75) is 19.9 Å². The maximum atomic E-state index is 11.9. The number of aryl methyl sites for hydroxylation is 2. The monoisotopic (exact) mass is 282 g/mol. The number of amides is 1. The Kier molecular flexibility index (Phi) is 3.73. The third-order valence-electron chi connectivity index (χ3n) is 3.62. The van der Waals surface area contributed by atoms with E-state index in [1.165, 1.54) is 10.9 Å². The molecule has 3 aromatic rings. The van der Waals surface area contributed by atoms with E-state index in [2.05, 4.69) is 44.5 Å². The molecule has 0 bridgehead atoms. The van der Waals surface area contributed by atoms with Crippen LogP contribution in [0.3, 0.4) is 0 Å². The number of hydrogen-bond acceptors (Lipinski definition) is 2. The molecule has 0 unspecified atom stereocenters. The highest BCUT2D eigenvalue weighted by Crippen LogP contribution is 2.15. The van der Waals surface area contributed by atoms with Gasteiger partial charge in [-0.3, -0.25) is 9.89 Å². The van der Waals surface area contributed by atoms with E-state index in [0.717, 1.165) is 18.7 Å². The summed E-state index contributed by atoms with van der Waals surface area (Å²) in [6.07, 6.45) is 4.54. The second kappa shape index (κ2) is 5.83. The molecule has 1 aromatic carbocycles. The Hall–Kier alpha value is -2.56. The number of para-hydroxylation sites is 1. The van der Waals surface area contributed by atoms with Gasteiger partial charge in [0, 0.05) is 30.5 Å². The lowest BCUT2D eigenvalue weighted by Crippen LogP contribution is -2.25. The average molecular weight is 282 g/mol. The van der Waals surface area contributed by atoms with Crippen molar-refractivity contribution in [3.05, 3.63) is 54.0 Å². The van der Waals surface area contributed by atoms with E-state index < -0.39 is 0 Å². The van der Waals surface area contributed by atoms with Crippen LogP contribution in [0.5, 0.6) is 0 Å². The summed E-state index contributed by atoms with van der Waals surface area (Å²) in [5, 5.41) is 10.8. The summed E-state index contributed by atoms with van der Waals surface area (Å²) in [4.78, 5) is 11.9. The number of H-pyrrole nitrogens is 1. The molecule has 0 aliphatic carbocycles. The minimum absolute atomic E-state index is 0.0707. The molecule has 3 rings (SSSR count). The predicted molar refractivity (Wildman–Crippen MR) is 82.2 cm³/mol. The molecule has 21 heavy (non-hydrogen) atoms. The number of benzene rings is 1. The molecule has 108 valence electrons. The van der Waals surface area contributed by atoms with Crippen LogP contribution in [0, 0.1) is 6.92 Å². The average Bonchev–Trinajstić information content (AvgIpc) is 3.10. The molecule has 0 fully saturated rings. The van der Waals surface area contributed by atoms with Gasteiger partial charge in [-0.15, -0.1) is 0 Å². The van der Waals surface area contributed by atoms with Gasteiger partial charge in [-0.05, 0) is 30.9 Å². The Morgan fingerprint density at radius 1 is 1.33 bits per heavy atom. The minimum atomic E-state index is -0.0707. The first-order valence-electron chi connectivity index (χ1n) is 7.08. The molecule has 0 saturated carbocycles. The van der Waals surface area contributed by atoms with Crippen LogP contribution in [0.25, 0.3) is 10.9 Å². The minimum Gasteiger partial charge on any atom is -0.352 e. The number of nitrogens with one attached hydrogen (secondary N) is 2. The highest BCUT2D eigenvalue weighted by atomic mass is 16.1. The number of carbonyl (C=O) groups is 1. The highest BCUT2D eigenvalue weighted by Gasteiger charge is 2.09. The Morgan fingerprint density at radius 3 is 3.00 bits per heavy atom. The maximum absolute atomic E-state index is 11.9. The van der Waals surface area contributed by atoms with E-state index >= 15 is 0 Å². The predicted octanol–water partition coefficient (Wildman–Crippen LogP) is 2.49. The van der Waals surface area contributed by atoms with Gasteiger partial charge < -0.3 is 9.88 Å². The fourth-order valence-electron chi connectivity index (χ4n) is 2.46. The number of nitrogens with zero attached hydrogens (tertiary/aromatic N) is 2. The van der Waals surface area contributed by atoms with Crippen LogP contribution in [-0.4, -0.2) is 27.2 Å². The van der Waals surface area contributed by atoms with Crippen molar-refractivity contribution in [1.82, 2.24) is 20.1 Å². The molecule has 0 aliphatic heterocycles. The van der Waals surface area contributed by atoms with Crippen LogP contribution >= 0.6 is 0 Å². The summed E-state index contributed by atoms with van der Waals surface area (Å²) in [6.45, 7) is 3.38. The Balaban J connectivity index is 1.53. The van der Waals surface area contributed by atoms with Gasteiger partial charge in [0.2, 0.25) is 0 Å². The Morgan fingerprint density at radius 2 is 2.19 bits per heavy atom. The van der Waals surface area contributed by atoms with Gasteiger partial charge in [-0.2, -0.15) is 5.10 Å². The van der Waals surface area contributed by atoms with E-state index in [1.807, 2.05) is 19.1 Å². The lowest BCUT2D eigenvalue weighted by Gasteiger charge is -2.07. The number of carbonyl (C=O) groups excluding carboxylic acids is 1. The molecule has 0 saturated heterocycles. The van der Waals surface area contributed by atoms with Crippen molar-refractivity contribution < 1.29 is 4.79 Å². The number of hydrogen-bond donors (Lipinski definition) is 2. The molecule has 2 heterocycles. The Labute approximate surface area is 123 Å². The fourth-order valence-corrected chi connectivity index (χ4v) is 2.46. The maximum Gasteiger partial charge on any atom is 0.254 e. The standard InChI is InChI=1S/C16H18N4O/c1-12-14(11-18-19-12)16(21)17-8-4-9-20-10-7-13-5-2-3-6-15(13)20/h2-3,5-7,10-11H,4,8-9H2,1H3,(H,17,21)(H,18,19). The van der Waals surface area contributed by atoms with Gasteiger partial charge >= 0.3 is 0 Å². The summed E-state index contributed by atoms with van der Waals surface area (Å²) in [7, 11) is 0. The molecule has 5 nitrogen and oxygen atoms in total. The van der Waals surface area contributed by atoms with Crippen LogP contribution in [0.2, 0.25) is 0 Å². The molecule has 1 amide bonds. The Bertz CT molecular complexity index is 756. The number of aromatic amines is 1. The van der Waals surface area contributed by atoms with Crippen molar-refractivity contribution in [2.24, 2.45) is 0 Å². The number of aromatic nitrogens is 3. The van der Waals surface area contributed by atoms with Crippen LogP contribution in [-0.2, 0) is 6.54 Å². The van der Waals surface area contributed by atoms with Crippen molar-refractivity contribution >= 4 is 16.8 Å². The summed E-state index contributed by atoms with van der Waals surface area (Å²) >= 11 is 0. The second-order valence-corrected chi connectivity index (χ2v) is 5.09. The second-order valence-electron chi connectivity index (χ2n) is 5.09. The first kappa shape index (κ1) is 13.4. The van der Waals surface area contributed by atoms with E-state index in [4.69, 9.17) is 0 Å². The van der Waals surface area contributed by atoms with Crippen LogP contribution in [0.4, 0.5) is 0 Å². The third kappa shape index (κ3) is 2.81. The van der Waals surface area contributed by atoms with Gasteiger partial charge in [0.15, 0.2) is 0 Å². The molecule has 0 spiro atoms. The lowest BCUT2D eigenvalue weighted by molar-refractivity contribution is 0.0952. The van der Waals surface area contributed by atoms with Crippen molar-refractivity contribution in [2.75, 3.05) is 6.54 Å². The first-order valence-corrected chi connectivity index (χ1v) is 7.08. The normalized spacial score (nSPS) is 10.9. The van der Waals surface area contributed by atoms with E-state index in [-0.39, 0.29) is 5.91 Å². The zero-order valence-electron chi connectivity index (χ0n) is 12.0. The SMILES string of the molecule is Cc1[nH]ncc1C(=O)NCCCn1ccc2ccccc21.